The average Bonchev–Trinajstić information content (AvgIpc) is 2.27. The number of hydrogen-bond acceptors (Lipinski definition) is 2. The van der Waals surface area contributed by atoms with E-state index >= 15 is 0 Å². The quantitative estimate of drug-likeness (QED) is 0.779. The van der Waals surface area contributed by atoms with Crippen molar-refractivity contribution in [3.8, 4) is 5.75 Å². The molecule has 1 heterocycles. The molecule has 2 atom stereocenters. The molecule has 0 spiro atoms. The van der Waals surface area contributed by atoms with Crippen molar-refractivity contribution in [1.82, 2.24) is 0 Å². The summed E-state index contributed by atoms with van der Waals surface area (Å²) in [6.45, 7) is 2.74. The molecule has 0 aliphatic carbocycles. The first kappa shape index (κ1) is 9.53. The van der Waals surface area contributed by atoms with Crippen LogP contribution in [0.2, 0.25) is 0 Å². The van der Waals surface area contributed by atoms with Gasteiger partial charge in [-0.15, -0.1) is 0 Å². The molecular formula is C12H16O2. The lowest BCUT2D eigenvalue weighted by Gasteiger charge is -2.28. The highest BCUT2D eigenvalue weighted by atomic mass is 16.5. The van der Waals surface area contributed by atoms with Crippen LogP contribution in [0.15, 0.2) is 24.3 Å². The molecule has 0 bridgehead atoms. The molecule has 0 radical (unpaired) electrons. The van der Waals surface area contributed by atoms with E-state index in [2.05, 4.69) is 6.07 Å². The van der Waals surface area contributed by atoms with Crippen LogP contribution in [0.5, 0.6) is 5.75 Å². The number of aliphatic hydroxyl groups is 1. The number of ether oxygens (including phenoxy) is 1. The first-order valence-corrected chi connectivity index (χ1v) is 5.22. The average molecular weight is 192 g/mol. The number of fused-ring (bicyclic) bond motifs is 1. The third kappa shape index (κ3) is 1.62. The predicted octanol–water partition coefficient (Wildman–Crippen LogP) is 2.32. The Morgan fingerprint density at radius 3 is 3.07 bits per heavy atom. The Morgan fingerprint density at radius 1 is 1.50 bits per heavy atom. The number of aliphatic hydroxyl groups excluding tert-OH is 1. The molecule has 14 heavy (non-hydrogen) atoms. The van der Waals surface area contributed by atoms with Crippen molar-refractivity contribution >= 4 is 0 Å². The first-order chi connectivity index (χ1) is 6.83. The third-order valence-electron chi connectivity index (χ3n) is 2.89. The van der Waals surface area contributed by atoms with E-state index in [1.54, 1.807) is 0 Å². The number of benzene rings is 1. The number of hydrogen-bond donors (Lipinski definition) is 1. The van der Waals surface area contributed by atoms with Crippen LogP contribution in [-0.4, -0.2) is 17.8 Å². The van der Waals surface area contributed by atoms with Crippen molar-refractivity contribution in [2.45, 2.75) is 31.8 Å². The van der Waals surface area contributed by atoms with E-state index in [1.807, 2.05) is 25.1 Å². The van der Waals surface area contributed by atoms with Crippen molar-refractivity contribution in [2.24, 2.45) is 0 Å². The van der Waals surface area contributed by atoms with Gasteiger partial charge in [-0.2, -0.15) is 0 Å². The zero-order chi connectivity index (χ0) is 9.97. The van der Waals surface area contributed by atoms with E-state index < -0.39 is 0 Å². The van der Waals surface area contributed by atoms with E-state index in [4.69, 9.17) is 4.74 Å². The number of para-hydroxylation sites is 1. The largest absolute Gasteiger partial charge is 0.493 e. The van der Waals surface area contributed by atoms with Crippen LogP contribution >= 0.6 is 0 Å². The van der Waals surface area contributed by atoms with Crippen molar-refractivity contribution in [1.29, 1.82) is 0 Å². The topological polar surface area (TPSA) is 29.5 Å². The zero-order valence-corrected chi connectivity index (χ0v) is 8.44. The Balaban J connectivity index is 2.30. The molecule has 1 aromatic carbocycles. The van der Waals surface area contributed by atoms with E-state index in [9.17, 15) is 5.11 Å². The molecule has 2 heteroatoms. The van der Waals surface area contributed by atoms with E-state index in [1.165, 1.54) is 0 Å². The second-order valence-electron chi connectivity index (χ2n) is 3.76. The molecule has 0 saturated heterocycles. The maximum atomic E-state index is 9.87. The van der Waals surface area contributed by atoms with Crippen molar-refractivity contribution in [3.63, 3.8) is 0 Å². The molecule has 0 saturated carbocycles. The Hall–Kier alpha value is -1.02. The summed E-state index contributed by atoms with van der Waals surface area (Å²) in [5.74, 6) is 1.20. The SMILES string of the molecule is CC[C@H](O)C1CCOc2ccccc21. The highest BCUT2D eigenvalue weighted by Crippen LogP contribution is 2.36. The fourth-order valence-corrected chi connectivity index (χ4v) is 2.05. The molecule has 0 aromatic heterocycles. The summed E-state index contributed by atoms with van der Waals surface area (Å²) in [6.07, 6.45) is 1.49. The summed E-state index contributed by atoms with van der Waals surface area (Å²) in [5.41, 5.74) is 1.16. The minimum Gasteiger partial charge on any atom is -0.493 e. The van der Waals surface area contributed by atoms with Gasteiger partial charge in [0.1, 0.15) is 5.75 Å². The van der Waals surface area contributed by atoms with E-state index in [0.717, 1.165) is 30.8 Å². The van der Waals surface area contributed by atoms with Crippen molar-refractivity contribution < 1.29 is 9.84 Å². The van der Waals surface area contributed by atoms with Gasteiger partial charge < -0.3 is 9.84 Å². The molecule has 0 fully saturated rings. The van der Waals surface area contributed by atoms with Crippen molar-refractivity contribution in [2.75, 3.05) is 6.61 Å². The number of rotatable bonds is 2. The molecule has 1 unspecified atom stereocenters. The molecule has 0 amide bonds. The lowest BCUT2D eigenvalue weighted by Crippen LogP contribution is -2.24. The highest BCUT2D eigenvalue weighted by Gasteiger charge is 2.26. The van der Waals surface area contributed by atoms with Gasteiger partial charge in [-0.1, -0.05) is 25.1 Å². The van der Waals surface area contributed by atoms with Crippen LogP contribution in [0.1, 0.15) is 31.2 Å². The summed E-state index contributed by atoms with van der Waals surface area (Å²) >= 11 is 0. The second kappa shape index (κ2) is 4.01. The van der Waals surface area contributed by atoms with Crippen LogP contribution in [0.25, 0.3) is 0 Å². The molecule has 2 rings (SSSR count). The molecule has 1 aliphatic rings. The standard InChI is InChI=1S/C12H16O2/c1-2-11(13)9-7-8-14-12-6-4-3-5-10(9)12/h3-6,9,11,13H,2,7-8H2,1H3/t9?,11-/m0/s1. The zero-order valence-electron chi connectivity index (χ0n) is 8.44. The van der Waals surface area contributed by atoms with Gasteiger partial charge in [0.15, 0.2) is 0 Å². The Kier molecular flexibility index (Phi) is 2.73. The van der Waals surface area contributed by atoms with Crippen LogP contribution in [-0.2, 0) is 0 Å². The third-order valence-corrected chi connectivity index (χ3v) is 2.89. The molecule has 76 valence electrons. The second-order valence-corrected chi connectivity index (χ2v) is 3.76. The molecule has 1 N–H and O–H groups in total. The molecule has 2 nitrogen and oxygen atoms in total. The fraction of sp³-hybridized carbons (Fsp3) is 0.500. The molecule has 1 aromatic rings. The minimum absolute atomic E-state index is 0.236. The van der Waals surface area contributed by atoms with Gasteiger partial charge in [0.25, 0.3) is 0 Å². The monoisotopic (exact) mass is 192 g/mol. The highest BCUT2D eigenvalue weighted by molar-refractivity contribution is 5.38. The van der Waals surface area contributed by atoms with Crippen LogP contribution < -0.4 is 4.74 Å². The fourth-order valence-electron chi connectivity index (χ4n) is 2.05. The summed E-state index contributed by atoms with van der Waals surface area (Å²) in [7, 11) is 0. The van der Waals surface area contributed by atoms with Gasteiger partial charge in [-0.3, -0.25) is 0 Å². The predicted molar refractivity (Wildman–Crippen MR) is 55.6 cm³/mol. The summed E-state index contributed by atoms with van der Waals surface area (Å²) in [4.78, 5) is 0. The maximum Gasteiger partial charge on any atom is 0.122 e. The van der Waals surface area contributed by atoms with Gasteiger partial charge in [-0.05, 0) is 24.5 Å². The van der Waals surface area contributed by atoms with Gasteiger partial charge in [0.05, 0.1) is 12.7 Å². The lowest BCUT2D eigenvalue weighted by molar-refractivity contribution is 0.113. The summed E-state index contributed by atoms with van der Waals surface area (Å²) in [5, 5.41) is 9.87. The lowest BCUT2D eigenvalue weighted by atomic mass is 9.87. The molecule has 1 aliphatic heterocycles. The van der Waals surface area contributed by atoms with Gasteiger partial charge in [-0.25, -0.2) is 0 Å². The maximum absolute atomic E-state index is 9.87. The van der Waals surface area contributed by atoms with Gasteiger partial charge >= 0.3 is 0 Å². The smallest absolute Gasteiger partial charge is 0.122 e. The Morgan fingerprint density at radius 2 is 2.29 bits per heavy atom. The van der Waals surface area contributed by atoms with Crippen LogP contribution in [0.3, 0.4) is 0 Å². The normalized spacial score (nSPS) is 22.3. The van der Waals surface area contributed by atoms with E-state index in [0.29, 0.717) is 0 Å². The molecular weight excluding hydrogens is 176 g/mol. The Labute approximate surface area is 84.5 Å². The Bertz CT molecular complexity index is 309. The van der Waals surface area contributed by atoms with Gasteiger partial charge in [0, 0.05) is 5.92 Å². The first-order valence-electron chi connectivity index (χ1n) is 5.22. The van der Waals surface area contributed by atoms with Gasteiger partial charge in [0.2, 0.25) is 0 Å². The summed E-state index contributed by atoms with van der Waals surface area (Å²) < 4.78 is 5.54. The minimum atomic E-state index is -0.236. The van der Waals surface area contributed by atoms with Crippen LogP contribution in [0.4, 0.5) is 0 Å². The van der Waals surface area contributed by atoms with E-state index in [-0.39, 0.29) is 12.0 Å². The summed E-state index contributed by atoms with van der Waals surface area (Å²) in [6, 6.07) is 8.00. The van der Waals surface area contributed by atoms with Crippen molar-refractivity contribution in [3.05, 3.63) is 29.8 Å². The van der Waals surface area contributed by atoms with Crippen LogP contribution in [0, 0.1) is 0 Å².